The third kappa shape index (κ3) is 7.68. The molecule has 2 heterocycles. The Bertz CT molecular complexity index is 1110. The Labute approximate surface area is 186 Å². The number of carbonyl (C=O) groups excluding carboxylic acids is 1. The molecule has 8 nitrogen and oxygen atoms in total. The largest absolute Gasteiger partial charge is 0.490 e. The van der Waals surface area contributed by atoms with Gasteiger partial charge in [0.25, 0.3) is 0 Å². The van der Waals surface area contributed by atoms with Crippen LogP contribution in [0.3, 0.4) is 0 Å². The molecule has 3 aromatic rings. The molecule has 0 saturated carbocycles. The highest BCUT2D eigenvalue weighted by Gasteiger charge is 2.38. The SMILES string of the molecule is Cc1cc(-c2cc(NC(=O)[C@@H](N)Cc3ccc(F)cc3)n(C)n2)ccn1.O=C(O)C(F)(F)F. The standard InChI is InChI=1S/C19H20FN5O.C2HF3O2/c1-12-9-14(7-8-22-12)17-11-18(25(2)24-17)23-19(26)16(21)10-13-3-5-15(20)6-4-13;3-2(4,5)1(6)7/h3-9,11,16H,10,21H2,1-2H3,(H,23,26);(H,6,7)/t16-;/m0./s1. The maximum atomic E-state index is 13.0. The quantitative estimate of drug-likeness (QED) is 0.496. The Kier molecular flexibility index (Phi) is 8.24. The van der Waals surface area contributed by atoms with Crippen molar-refractivity contribution >= 4 is 17.7 Å². The van der Waals surface area contributed by atoms with Crippen LogP contribution in [0.2, 0.25) is 0 Å². The van der Waals surface area contributed by atoms with E-state index >= 15 is 0 Å². The van der Waals surface area contributed by atoms with Crippen LogP contribution in [0.25, 0.3) is 11.3 Å². The van der Waals surface area contributed by atoms with Crippen LogP contribution in [0, 0.1) is 12.7 Å². The molecule has 0 fully saturated rings. The van der Waals surface area contributed by atoms with Crippen LogP contribution in [-0.4, -0.2) is 44.0 Å². The molecule has 1 atom stereocenters. The Balaban J connectivity index is 0.000000479. The molecule has 176 valence electrons. The number of halogens is 4. The average Bonchev–Trinajstić information content (AvgIpc) is 3.09. The number of nitrogens with one attached hydrogen (secondary N) is 1. The monoisotopic (exact) mass is 467 g/mol. The van der Waals surface area contributed by atoms with E-state index in [1.807, 2.05) is 19.1 Å². The highest BCUT2D eigenvalue weighted by molar-refractivity contribution is 5.94. The zero-order valence-corrected chi connectivity index (χ0v) is 17.6. The zero-order chi connectivity index (χ0) is 24.8. The fourth-order valence-corrected chi connectivity index (χ4v) is 2.62. The number of rotatable bonds is 5. The Morgan fingerprint density at radius 3 is 2.33 bits per heavy atom. The molecular weight excluding hydrogens is 446 g/mol. The third-order valence-corrected chi connectivity index (χ3v) is 4.27. The number of aromatic nitrogens is 3. The number of hydrogen-bond acceptors (Lipinski definition) is 5. The number of amides is 1. The van der Waals surface area contributed by atoms with Gasteiger partial charge in [-0.1, -0.05) is 12.1 Å². The van der Waals surface area contributed by atoms with Gasteiger partial charge in [-0.05, 0) is 43.2 Å². The highest BCUT2D eigenvalue weighted by Crippen LogP contribution is 2.21. The van der Waals surface area contributed by atoms with Crippen LogP contribution in [0.15, 0.2) is 48.7 Å². The second-order valence-electron chi connectivity index (χ2n) is 6.95. The Morgan fingerprint density at radius 2 is 1.79 bits per heavy atom. The summed E-state index contributed by atoms with van der Waals surface area (Å²) < 4.78 is 46.3. The van der Waals surface area contributed by atoms with E-state index in [1.165, 1.54) is 12.1 Å². The molecule has 0 aliphatic rings. The van der Waals surface area contributed by atoms with Gasteiger partial charge in [0.15, 0.2) is 0 Å². The number of pyridine rings is 1. The van der Waals surface area contributed by atoms with Crippen LogP contribution < -0.4 is 11.1 Å². The number of carboxylic acids is 1. The minimum Gasteiger partial charge on any atom is -0.475 e. The van der Waals surface area contributed by atoms with Crippen LogP contribution in [0.4, 0.5) is 23.4 Å². The molecule has 0 aliphatic carbocycles. The topological polar surface area (TPSA) is 123 Å². The number of nitrogens with zero attached hydrogens (tertiary/aromatic N) is 3. The average molecular weight is 467 g/mol. The predicted molar refractivity (Wildman–Crippen MR) is 112 cm³/mol. The van der Waals surface area contributed by atoms with Crippen molar-refractivity contribution in [2.75, 3.05) is 5.32 Å². The van der Waals surface area contributed by atoms with Crippen LogP contribution >= 0.6 is 0 Å². The van der Waals surface area contributed by atoms with E-state index in [9.17, 15) is 22.4 Å². The summed E-state index contributed by atoms with van der Waals surface area (Å²) in [6.07, 6.45) is -3.05. The summed E-state index contributed by atoms with van der Waals surface area (Å²) in [4.78, 5) is 25.4. The van der Waals surface area contributed by atoms with Gasteiger partial charge in [-0.25, -0.2) is 9.18 Å². The smallest absolute Gasteiger partial charge is 0.475 e. The molecule has 4 N–H and O–H groups in total. The van der Waals surface area contributed by atoms with Crippen LogP contribution in [0.1, 0.15) is 11.3 Å². The summed E-state index contributed by atoms with van der Waals surface area (Å²) in [7, 11) is 1.75. The highest BCUT2D eigenvalue weighted by atomic mass is 19.4. The number of carbonyl (C=O) groups is 2. The second kappa shape index (κ2) is 10.7. The van der Waals surface area contributed by atoms with E-state index < -0.39 is 18.2 Å². The normalized spacial score (nSPS) is 11.8. The van der Waals surface area contributed by atoms with Gasteiger partial charge < -0.3 is 16.2 Å². The van der Waals surface area contributed by atoms with Crippen LogP contribution in [0.5, 0.6) is 0 Å². The minimum absolute atomic E-state index is 0.319. The van der Waals surface area contributed by atoms with Crippen molar-refractivity contribution in [1.82, 2.24) is 14.8 Å². The summed E-state index contributed by atoms with van der Waals surface area (Å²) in [6, 6.07) is 10.8. The maximum Gasteiger partial charge on any atom is 0.490 e. The first-order valence-corrected chi connectivity index (χ1v) is 9.45. The molecular formula is C21H21F4N5O3. The molecule has 0 radical (unpaired) electrons. The van der Waals surface area contributed by atoms with E-state index in [0.29, 0.717) is 12.2 Å². The summed E-state index contributed by atoms with van der Waals surface area (Å²) in [5, 5.41) is 14.3. The van der Waals surface area contributed by atoms with E-state index in [-0.39, 0.29) is 11.7 Å². The number of carboxylic acid groups (broad SMARTS) is 1. The zero-order valence-electron chi connectivity index (χ0n) is 17.6. The molecule has 0 unspecified atom stereocenters. The van der Waals surface area contributed by atoms with Gasteiger partial charge >= 0.3 is 12.1 Å². The lowest BCUT2D eigenvalue weighted by Gasteiger charge is -2.12. The number of benzene rings is 1. The third-order valence-electron chi connectivity index (χ3n) is 4.27. The molecule has 1 aromatic carbocycles. The second-order valence-corrected chi connectivity index (χ2v) is 6.95. The molecule has 1 amide bonds. The van der Waals surface area contributed by atoms with E-state index in [4.69, 9.17) is 15.6 Å². The Hall–Kier alpha value is -3.80. The van der Waals surface area contributed by atoms with E-state index in [2.05, 4.69) is 15.4 Å². The summed E-state index contributed by atoms with van der Waals surface area (Å²) in [5.74, 6) is -2.85. The lowest BCUT2D eigenvalue weighted by atomic mass is 10.1. The molecule has 0 spiro atoms. The van der Waals surface area contributed by atoms with Gasteiger partial charge in [0, 0.05) is 30.6 Å². The summed E-state index contributed by atoms with van der Waals surface area (Å²) in [6.45, 7) is 1.91. The first-order chi connectivity index (χ1) is 15.4. The number of aliphatic carboxylic acids is 1. The van der Waals surface area contributed by atoms with Gasteiger partial charge in [0.2, 0.25) is 5.91 Å². The number of aryl methyl sites for hydroxylation is 2. The molecule has 33 heavy (non-hydrogen) atoms. The van der Waals surface area contributed by atoms with Crippen LogP contribution in [-0.2, 0) is 23.1 Å². The molecule has 0 saturated heterocycles. The summed E-state index contributed by atoms with van der Waals surface area (Å²) >= 11 is 0. The number of alkyl halides is 3. The molecule has 0 bridgehead atoms. The number of anilines is 1. The lowest BCUT2D eigenvalue weighted by molar-refractivity contribution is -0.192. The fourth-order valence-electron chi connectivity index (χ4n) is 2.62. The minimum atomic E-state index is -5.08. The van der Waals surface area contributed by atoms with Gasteiger partial charge in [-0.3, -0.25) is 14.5 Å². The van der Waals surface area contributed by atoms with E-state index in [0.717, 1.165) is 22.5 Å². The van der Waals surface area contributed by atoms with Crippen molar-refractivity contribution in [3.8, 4) is 11.3 Å². The molecule has 12 heteroatoms. The number of hydrogen-bond donors (Lipinski definition) is 3. The van der Waals surface area contributed by atoms with Crippen molar-refractivity contribution in [1.29, 1.82) is 0 Å². The molecule has 2 aromatic heterocycles. The first kappa shape index (κ1) is 25.5. The van der Waals surface area contributed by atoms with Gasteiger partial charge in [-0.2, -0.15) is 18.3 Å². The van der Waals surface area contributed by atoms with Crippen molar-refractivity contribution in [2.45, 2.75) is 25.6 Å². The van der Waals surface area contributed by atoms with Crippen molar-refractivity contribution < 1.29 is 32.3 Å². The van der Waals surface area contributed by atoms with Gasteiger partial charge in [-0.15, -0.1) is 0 Å². The first-order valence-electron chi connectivity index (χ1n) is 9.45. The van der Waals surface area contributed by atoms with Crippen molar-refractivity contribution in [3.63, 3.8) is 0 Å². The fraction of sp³-hybridized carbons (Fsp3) is 0.238. The Morgan fingerprint density at radius 1 is 1.18 bits per heavy atom. The van der Waals surface area contributed by atoms with Gasteiger partial charge in [0.05, 0.1) is 11.7 Å². The maximum absolute atomic E-state index is 13.0. The number of nitrogens with two attached hydrogens (primary N) is 1. The summed E-state index contributed by atoms with van der Waals surface area (Å²) in [5.41, 5.74) is 9.32. The van der Waals surface area contributed by atoms with Crippen molar-refractivity contribution in [3.05, 3.63) is 65.7 Å². The molecule has 0 aliphatic heterocycles. The lowest BCUT2D eigenvalue weighted by Crippen LogP contribution is -2.37. The van der Waals surface area contributed by atoms with Crippen molar-refractivity contribution in [2.24, 2.45) is 12.8 Å². The predicted octanol–water partition coefficient (Wildman–Crippen LogP) is 3.07. The molecule has 3 rings (SSSR count). The van der Waals surface area contributed by atoms with Gasteiger partial charge in [0.1, 0.15) is 11.6 Å². The van der Waals surface area contributed by atoms with E-state index in [1.54, 1.807) is 36.1 Å².